The maximum atomic E-state index is 12.0. The van der Waals surface area contributed by atoms with Gasteiger partial charge in [0.05, 0.1) is 12.5 Å². The van der Waals surface area contributed by atoms with Gasteiger partial charge in [-0.15, -0.1) is 0 Å². The number of aromatic nitrogens is 2. The van der Waals surface area contributed by atoms with Crippen molar-refractivity contribution in [3.05, 3.63) is 46.3 Å². The zero-order valence-electron chi connectivity index (χ0n) is 9.89. The third-order valence-corrected chi connectivity index (χ3v) is 4.55. The third-order valence-electron chi connectivity index (χ3n) is 2.52. The highest BCUT2D eigenvalue weighted by Crippen LogP contribution is 2.26. The van der Waals surface area contributed by atoms with Gasteiger partial charge in [-0.25, -0.2) is 18.1 Å². The van der Waals surface area contributed by atoms with Crippen LogP contribution in [0.1, 0.15) is 18.5 Å². The van der Waals surface area contributed by atoms with Gasteiger partial charge in [0.15, 0.2) is 5.03 Å². The highest BCUT2D eigenvalue weighted by Gasteiger charge is 2.20. The van der Waals surface area contributed by atoms with Gasteiger partial charge in [0.2, 0.25) is 0 Å². The van der Waals surface area contributed by atoms with Crippen LogP contribution in [0, 0.1) is 0 Å². The minimum atomic E-state index is -3.65. The molecule has 0 radical (unpaired) electrons. The van der Waals surface area contributed by atoms with Crippen LogP contribution in [-0.2, 0) is 10.0 Å². The molecule has 0 spiro atoms. The molecule has 2 aromatic rings. The Labute approximate surface area is 121 Å². The Bertz CT molecular complexity index is 671. The van der Waals surface area contributed by atoms with Crippen LogP contribution in [-0.4, -0.2) is 18.4 Å². The second-order valence-corrected chi connectivity index (χ2v) is 6.45. The number of sulfonamides is 1. The van der Waals surface area contributed by atoms with Crippen molar-refractivity contribution in [3.8, 4) is 0 Å². The van der Waals surface area contributed by atoms with Crippen LogP contribution in [0.25, 0.3) is 0 Å². The zero-order chi connectivity index (χ0) is 14.0. The molecule has 1 unspecified atom stereocenters. The van der Waals surface area contributed by atoms with Crippen molar-refractivity contribution in [1.82, 2.24) is 14.7 Å². The van der Waals surface area contributed by atoms with Gasteiger partial charge < -0.3 is 4.98 Å². The van der Waals surface area contributed by atoms with Gasteiger partial charge in [-0.2, -0.15) is 0 Å². The molecular formula is C11H11Cl2N3O2S. The van der Waals surface area contributed by atoms with E-state index in [0.717, 1.165) is 0 Å². The monoisotopic (exact) mass is 319 g/mol. The number of rotatable bonds is 4. The summed E-state index contributed by atoms with van der Waals surface area (Å²) in [6.45, 7) is 1.70. The van der Waals surface area contributed by atoms with Crippen molar-refractivity contribution < 1.29 is 8.42 Å². The predicted octanol–water partition coefficient (Wildman–Crippen LogP) is 2.76. The molecule has 2 rings (SSSR count). The molecule has 1 heterocycles. The van der Waals surface area contributed by atoms with Gasteiger partial charge in [-0.1, -0.05) is 29.3 Å². The first-order valence-corrected chi connectivity index (χ1v) is 7.60. The first kappa shape index (κ1) is 14.3. The number of aromatic amines is 1. The van der Waals surface area contributed by atoms with E-state index in [9.17, 15) is 8.42 Å². The largest absolute Gasteiger partial charge is 0.335 e. The molecule has 5 nitrogen and oxygen atoms in total. The summed E-state index contributed by atoms with van der Waals surface area (Å²) < 4.78 is 26.5. The van der Waals surface area contributed by atoms with Crippen LogP contribution in [0.5, 0.6) is 0 Å². The maximum Gasteiger partial charge on any atom is 0.258 e. The number of hydrogen-bond donors (Lipinski definition) is 2. The van der Waals surface area contributed by atoms with Gasteiger partial charge in [0, 0.05) is 16.1 Å². The lowest BCUT2D eigenvalue weighted by atomic mass is 10.1. The summed E-state index contributed by atoms with van der Waals surface area (Å²) in [4.78, 5) is 6.22. The van der Waals surface area contributed by atoms with E-state index in [1.807, 2.05) is 0 Å². The van der Waals surface area contributed by atoms with Gasteiger partial charge >= 0.3 is 0 Å². The number of nitrogens with one attached hydrogen (secondary N) is 2. The van der Waals surface area contributed by atoms with Crippen molar-refractivity contribution in [3.63, 3.8) is 0 Å². The molecule has 1 atom stereocenters. The topological polar surface area (TPSA) is 74.8 Å². The summed E-state index contributed by atoms with van der Waals surface area (Å²) in [5.41, 5.74) is 0.647. The highest BCUT2D eigenvalue weighted by molar-refractivity contribution is 7.89. The summed E-state index contributed by atoms with van der Waals surface area (Å²) in [6, 6.07) is 4.42. The smallest absolute Gasteiger partial charge is 0.258 e. The van der Waals surface area contributed by atoms with Gasteiger partial charge in [-0.3, -0.25) is 0 Å². The fourth-order valence-corrected chi connectivity index (χ4v) is 3.30. The number of hydrogen-bond acceptors (Lipinski definition) is 3. The summed E-state index contributed by atoms with van der Waals surface area (Å²) in [6.07, 6.45) is 2.53. The quantitative estimate of drug-likeness (QED) is 0.909. The number of halogens is 2. The fraction of sp³-hybridized carbons (Fsp3) is 0.182. The van der Waals surface area contributed by atoms with E-state index in [1.165, 1.54) is 12.5 Å². The standard InChI is InChI=1S/C11H11Cl2N3O2S/c1-7(9-3-2-8(12)4-10(9)13)16-19(17,18)11-5-14-6-15-11/h2-7,16H,1H3,(H,14,15). The average Bonchev–Trinajstić information content (AvgIpc) is 2.81. The Hall–Kier alpha value is -1.08. The molecule has 0 saturated heterocycles. The minimum absolute atomic E-state index is 0.00411. The zero-order valence-corrected chi connectivity index (χ0v) is 12.2. The van der Waals surface area contributed by atoms with Crippen molar-refractivity contribution in [2.75, 3.05) is 0 Å². The number of nitrogens with zero attached hydrogens (tertiary/aromatic N) is 1. The Balaban J connectivity index is 2.24. The molecule has 0 aliphatic heterocycles. The van der Waals surface area contributed by atoms with Gasteiger partial charge in [-0.05, 0) is 24.6 Å². The molecule has 0 amide bonds. The maximum absolute atomic E-state index is 12.0. The molecule has 0 fully saturated rings. The SMILES string of the molecule is CC(NS(=O)(=O)c1cnc[nH]1)c1ccc(Cl)cc1Cl. The third kappa shape index (κ3) is 3.27. The van der Waals surface area contributed by atoms with E-state index in [2.05, 4.69) is 14.7 Å². The van der Waals surface area contributed by atoms with Crippen LogP contribution >= 0.6 is 23.2 Å². The molecule has 0 bridgehead atoms. The highest BCUT2D eigenvalue weighted by atomic mass is 35.5. The van der Waals surface area contributed by atoms with Crippen molar-refractivity contribution in [2.24, 2.45) is 0 Å². The lowest BCUT2D eigenvalue weighted by Crippen LogP contribution is -2.27. The molecule has 0 saturated carbocycles. The van der Waals surface area contributed by atoms with Gasteiger partial charge in [0.1, 0.15) is 0 Å². The fourth-order valence-electron chi connectivity index (χ4n) is 1.60. The molecule has 0 aliphatic carbocycles. The minimum Gasteiger partial charge on any atom is -0.335 e. The molecular weight excluding hydrogens is 309 g/mol. The Morgan fingerprint density at radius 2 is 2.11 bits per heavy atom. The number of benzene rings is 1. The van der Waals surface area contributed by atoms with E-state index in [4.69, 9.17) is 23.2 Å². The van der Waals surface area contributed by atoms with Crippen molar-refractivity contribution >= 4 is 33.2 Å². The van der Waals surface area contributed by atoms with Crippen molar-refractivity contribution in [2.45, 2.75) is 18.0 Å². The second-order valence-electron chi connectivity index (χ2n) is 3.92. The number of imidazole rings is 1. The Kier molecular flexibility index (Phi) is 4.15. The summed E-state index contributed by atoms with van der Waals surface area (Å²) in [5.74, 6) is 0. The van der Waals surface area contributed by atoms with E-state index in [1.54, 1.807) is 25.1 Å². The summed E-state index contributed by atoms with van der Waals surface area (Å²) in [5, 5.41) is 0.911. The van der Waals surface area contributed by atoms with E-state index < -0.39 is 16.1 Å². The lowest BCUT2D eigenvalue weighted by molar-refractivity contribution is 0.564. The molecule has 1 aromatic heterocycles. The molecule has 2 N–H and O–H groups in total. The predicted molar refractivity (Wildman–Crippen MR) is 73.8 cm³/mol. The van der Waals surface area contributed by atoms with E-state index >= 15 is 0 Å². The molecule has 8 heteroatoms. The van der Waals surface area contributed by atoms with Crippen LogP contribution in [0.3, 0.4) is 0 Å². The summed E-state index contributed by atoms with van der Waals surface area (Å²) in [7, 11) is -3.65. The van der Waals surface area contributed by atoms with Crippen LogP contribution in [0.15, 0.2) is 35.7 Å². The van der Waals surface area contributed by atoms with E-state index in [0.29, 0.717) is 15.6 Å². The van der Waals surface area contributed by atoms with Gasteiger partial charge in [0.25, 0.3) is 10.0 Å². The lowest BCUT2D eigenvalue weighted by Gasteiger charge is -2.15. The molecule has 19 heavy (non-hydrogen) atoms. The normalized spacial score (nSPS) is 13.4. The number of H-pyrrole nitrogens is 1. The molecule has 102 valence electrons. The first-order valence-electron chi connectivity index (χ1n) is 5.36. The summed E-state index contributed by atoms with van der Waals surface area (Å²) >= 11 is 11.8. The Morgan fingerprint density at radius 3 is 2.68 bits per heavy atom. The van der Waals surface area contributed by atoms with Crippen LogP contribution < -0.4 is 4.72 Å². The molecule has 1 aromatic carbocycles. The van der Waals surface area contributed by atoms with Crippen LogP contribution in [0.4, 0.5) is 0 Å². The van der Waals surface area contributed by atoms with Crippen molar-refractivity contribution in [1.29, 1.82) is 0 Å². The Morgan fingerprint density at radius 1 is 1.37 bits per heavy atom. The van der Waals surface area contributed by atoms with Crippen LogP contribution in [0.2, 0.25) is 10.0 Å². The average molecular weight is 320 g/mol. The van der Waals surface area contributed by atoms with E-state index in [-0.39, 0.29) is 5.03 Å². The first-order chi connectivity index (χ1) is 8.90. The second kappa shape index (κ2) is 5.50. The molecule has 0 aliphatic rings.